The number of nitrogen functional groups attached to an aromatic ring is 1. The van der Waals surface area contributed by atoms with Crippen molar-refractivity contribution in [2.24, 2.45) is 0 Å². The molecule has 68 valence electrons. The van der Waals surface area contributed by atoms with Crippen molar-refractivity contribution < 1.29 is 4.74 Å². The summed E-state index contributed by atoms with van der Waals surface area (Å²) in [6.07, 6.45) is 1.40. The average molecular weight is 290 g/mol. The Kier molecular flexibility index (Phi) is 1.98. The molecular formula is C7H7IN4O. The van der Waals surface area contributed by atoms with Gasteiger partial charge in [-0.2, -0.15) is 9.61 Å². The summed E-state index contributed by atoms with van der Waals surface area (Å²) >= 11 is 2.17. The van der Waals surface area contributed by atoms with Crippen LogP contribution in [0.5, 0.6) is 5.88 Å². The molecule has 2 rings (SSSR count). The average Bonchev–Trinajstić information content (AvgIpc) is 2.44. The Morgan fingerprint density at radius 1 is 1.62 bits per heavy atom. The van der Waals surface area contributed by atoms with Crippen molar-refractivity contribution in [3.05, 3.63) is 16.0 Å². The molecule has 2 heterocycles. The van der Waals surface area contributed by atoms with E-state index >= 15 is 0 Å². The number of methoxy groups -OCH3 is 1. The van der Waals surface area contributed by atoms with Crippen LogP contribution >= 0.6 is 22.6 Å². The molecule has 6 heteroatoms. The molecule has 0 unspecified atom stereocenters. The Labute approximate surface area is 88.0 Å². The van der Waals surface area contributed by atoms with Crippen LogP contribution in [0.2, 0.25) is 0 Å². The first-order valence-corrected chi connectivity index (χ1v) is 4.63. The summed E-state index contributed by atoms with van der Waals surface area (Å²) in [6.45, 7) is 0. The molecule has 0 spiro atoms. The quantitative estimate of drug-likeness (QED) is 0.793. The van der Waals surface area contributed by atoms with Crippen LogP contribution in [0.1, 0.15) is 0 Å². The first kappa shape index (κ1) is 8.54. The van der Waals surface area contributed by atoms with E-state index in [0.717, 1.165) is 9.09 Å². The van der Waals surface area contributed by atoms with E-state index in [1.54, 1.807) is 11.6 Å². The highest BCUT2D eigenvalue weighted by molar-refractivity contribution is 14.1. The van der Waals surface area contributed by atoms with Gasteiger partial charge < -0.3 is 10.5 Å². The first-order chi connectivity index (χ1) is 6.24. The molecule has 2 N–H and O–H groups in total. The fourth-order valence-corrected chi connectivity index (χ4v) is 1.91. The second kappa shape index (κ2) is 3.02. The smallest absolute Gasteiger partial charge is 0.216 e. The number of rotatable bonds is 1. The number of fused-ring (bicyclic) bond motifs is 1. The highest BCUT2D eigenvalue weighted by atomic mass is 127. The molecule has 0 aliphatic rings. The molecule has 0 amide bonds. The lowest BCUT2D eigenvalue weighted by Crippen LogP contribution is -2.00. The van der Waals surface area contributed by atoms with Crippen LogP contribution in [0.4, 0.5) is 5.82 Å². The standard InChI is InChI=1S/C7H7IN4O/c1-13-5-2-4(8)6-7(9)10-3-11-12(5)6/h2-3H,1H3,(H2,9,10,11). The fourth-order valence-electron chi connectivity index (χ4n) is 1.14. The van der Waals surface area contributed by atoms with Gasteiger partial charge in [-0.3, -0.25) is 0 Å². The van der Waals surface area contributed by atoms with Crippen LogP contribution in [-0.4, -0.2) is 21.7 Å². The van der Waals surface area contributed by atoms with Gasteiger partial charge in [0.05, 0.1) is 7.11 Å². The number of anilines is 1. The molecule has 2 aromatic rings. The number of nitrogens with zero attached hydrogens (tertiary/aromatic N) is 3. The van der Waals surface area contributed by atoms with Gasteiger partial charge in [0, 0.05) is 9.64 Å². The molecule has 5 nitrogen and oxygen atoms in total. The Bertz CT molecular complexity index is 453. The third-order valence-electron chi connectivity index (χ3n) is 1.71. The molecule has 2 aromatic heterocycles. The summed E-state index contributed by atoms with van der Waals surface area (Å²) in [5.74, 6) is 1.12. The van der Waals surface area contributed by atoms with E-state index in [0.29, 0.717) is 11.7 Å². The zero-order valence-electron chi connectivity index (χ0n) is 6.86. The minimum atomic E-state index is 0.461. The molecule has 0 radical (unpaired) electrons. The molecule has 0 atom stereocenters. The van der Waals surface area contributed by atoms with Crippen LogP contribution in [0.3, 0.4) is 0 Å². The van der Waals surface area contributed by atoms with E-state index in [-0.39, 0.29) is 0 Å². The third kappa shape index (κ3) is 1.21. The lowest BCUT2D eigenvalue weighted by atomic mass is 10.5. The monoisotopic (exact) mass is 290 g/mol. The van der Waals surface area contributed by atoms with Crippen LogP contribution in [0.25, 0.3) is 5.52 Å². The van der Waals surface area contributed by atoms with Crippen LogP contribution < -0.4 is 10.5 Å². The van der Waals surface area contributed by atoms with Crippen LogP contribution in [0.15, 0.2) is 12.4 Å². The molecule has 13 heavy (non-hydrogen) atoms. The predicted molar refractivity (Wildman–Crippen MR) is 56.7 cm³/mol. The number of halogens is 1. The topological polar surface area (TPSA) is 65.4 Å². The normalized spacial score (nSPS) is 10.6. The maximum Gasteiger partial charge on any atom is 0.216 e. The minimum Gasteiger partial charge on any atom is -0.481 e. The van der Waals surface area contributed by atoms with E-state index in [9.17, 15) is 0 Å². The molecule has 0 fully saturated rings. The van der Waals surface area contributed by atoms with Crippen molar-refractivity contribution in [1.29, 1.82) is 0 Å². The molecule has 0 aliphatic carbocycles. The maximum absolute atomic E-state index is 5.69. The number of aromatic nitrogens is 3. The number of hydrogen-bond acceptors (Lipinski definition) is 4. The summed E-state index contributed by atoms with van der Waals surface area (Å²) < 4.78 is 7.72. The maximum atomic E-state index is 5.69. The molecule has 0 saturated carbocycles. The van der Waals surface area contributed by atoms with Crippen LogP contribution in [0, 0.1) is 3.57 Å². The van der Waals surface area contributed by atoms with Gasteiger partial charge in [-0.15, -0.1) is 0 Å². The lowest BCUT2D eigenvalue weighted by Gasteiger charge is -1.99. The minimum absolute atomic E-state index is 0.461. The predicted octanol–water partition coefficient (Wildman–Crippen LogP) is 0.925. The van der Waals surface area contributed by atoms with Crippen molar-refractivity contribution in [2.75, 3.05) is 12.8 Å². The Morgan fingerprint density at radius 2 is 2.38 bits per heavy atom. The summed E-state index contributed by atoms with van der Waals surface area (Å²) in [5.41, 5.74) is 6.48. The SMILES string of the molecule is COc1cc(I)c2c(N)ncnn12. The summed E-state index contributed by atoms with van der Waals surface area (Å²) in [4.78, 5) is 3.90. The van der Waals surface area contributed by atoms with E-state index in [4.69, 9.17) is 10.5 Å². The highest BCUT2D eigenvalue weighted by Crippen LogP contribution is 2.25. The summed E-state index contributed by atoms with van der Waals surface area (Å²) in [5, 5.41) is 4.03. The second-order valence-corrected chi connectivity index (χ2v) is 3.60. The highest BCUT2D eigenvalue weighted by Gasteiger charge is 2.10. The Balaban J connectivity index is 2.87. The van der Waals surface area contributed by atoms with Crippen molar-refractivity contribution in [3.8, 4) is 5.88 Å². The van der Waals surface area contributed by atoms with Gasteiger partial charge in [-0.25, -0.2) is 4.98 Å². The molecule has 0 aromatic carbocycles. The molecule has 0 bridgehead atoms. The Morgan fingerprint density at radius 3 is 3.08 bits per heavy atom. The van der Waals surface area contributed by atoms with Crippen LogP contribution in [-0.2, 0) is 0 Å². The van der Waals surface area contributed by atoms with E-state index in [1.165, 1.54) is 6.33 Å². The second-order valence-electron chi connectivity index (χ2n) is 2.44. The van der Waals surface area contributed by atoms with E-state index in [2.05, 4.69) is 32.7 Å². The van der Waals surface area contributed by atoms with Gasteiger partial charge in [0.2, 0.25) is 5.88 Å². The molecular weight excluding hydrogens is 283 g/mol. The van der Waals surface area contributed by atoms with Gasteiger partial charge >= 0.3 is 0 Å². The van der Waals surface area contributed by atoms with Crippen molar-refractivity contribution in [3.63, 3.8) is 0 Å². The van der Waals surface area contributed by atoms with Gasteiger partial charge in [-0.1, -0.05) is 0 Å². The summed E-state index contributed by atoms with van der Waals surface area (Å²) in [7, 11) is 1.59. The third-order valence-corrected chi connectivity index (χ3v) is 2.53. The summed E-state index contributed by atoms with van der Waals surface area (Å²) in [6, 6.07) is 1.86. The molecule has 0 saturated heterocycles. The lowest BCUT2D eigenvalue weighted by molar-refractivity contribution is 0.387. The Hall–Kier alpha value is -1.05. The number of ether oxygens (including phenoxy) is 1. The van der Waals surface area contributed by atoms with Crippen molar-refractivity contribution >= 4 is 33.9 Å². The largest absolute Gasteiger partial charge is 0.481 e. The van der Waals surface area contributed by atoms with Gasteiger partial charge in [0.25, 0.3) is 0 Å². The number of nitrogens with two attached hydrogens (primary N) is 1. The van der Waals surface area contributed by atoms with Gasteiger partial charge in [-0.05, 0) is 22.6 Å². The zero-order valence-corrected chi connectivity index (χ0v) is 9.02. The first-order valence-electron chi connectivity index (χ1n) is 3.55. The van der Waals surface area contributed by atoms with Crippen molar-refractivity contribution in [1.82, 2.24) is 14.6 Å². The zero-order chi connectivity index (χ0) is 9.42. The van der Waals surface area contributed by atoms with Gasteiger partial charge in [0.1, 0.15) is 11.8 Å². The van der Waals surface area contributed by atoms with E-state index < -0.39 is 0 Å². The van der Waals surface area contributed by atoms with Gasteiger partial charge in [0.15, 0.2) is 5.82 Å². The van der Waals surface area contributed by atoms with E-state index in [1.807, 2.05) is 6.07 Å². The van der Waals surface area contributed by atoms with Crippen molar-refractivity contribution in [2.45, 2.75) is 0 Å². The molecule has 0 aliphatic heterocycles. The number of hydrogen-bond donors (Lipinski definition) is 1. The fraction of sp³-hybridized carbons (Fsp3) is 0.143.